The molecule has 0 saturated heterocycles. The first kappa shape index (κ1) is 16.2. The number of likely N-dealkylation sites (N-methyl/N-ethyl adjacent to an activating group) is 1. The number of benzene rings is 2. The van der Waals surface area contributed by atoms with Crippen LogP contribution in [0.1, 0.15) is 11.1 Å². The maximum Gasteiger partial charge on any atom is 0.122 e. The lowest BCUT2D eigenvalue weighted by Crippen LogP contribution is -2.30. The maximum atomic E-state index is 6.09. The van der Waals surface area contributed by atoms with E-state index < -0.39 is 0 Å². The van der Waals surface area contributed by atoms with Gasteiger partial charge in [0.2, 0.25) is 0 Å². The number of nitrogens with one attached hydrogen (secondary N) is 1. The van der Waals surface area contributed by atoms with Crippen molar-refractivity contribution < 1.29 is 4.74 Å². The molecule has 2 nitrogen and oxygen atoms in total. The highest BCUT2D eigenvalue weighted by Crippen LogP contribution is 2.24. The van der Waals surface area contributed by atoms with E-state index in [-0.39, 0.29) is 0 Å². The minimum atomic E-state index is 0.304. The summed E-state index contributed by atoms with van der Waals surface area (Å²) in [5, 5.41) is 4.84. The lowest BCUT2D eigenvalue weighted by Gasteiger charge is -2.18. The molecule has 0 saturated carbocycles. The molecule has 0 fully saturated rings. The van der Waals surface area contributed by atoms with Gasteiger partial charge in [-0.2, -0.15) is 0 Å². The molecule has 0 bridgehead atoms. The fourth-order valence-corrected chi connectivity index (χ4v) is 2.67. The molecule has 0 aliphatic heterocycles. The molecule has 0 radical (unpaired) electrons. The third-order valence-electron chi connectivity index (χ3n) is 3.51. The van der Waals surface area contributed by atoms with Crippen molar-refractivity contribution >= 4 is 23.2 Å². The van der Waals surface area contributed by atoms with Crippen molar-refractivity contribution in [1.29, 1.82) is 0 Å². The van der Waals surface area contributed by atoms with Crippen molar-refractivity contribution in [2.45, 2.75) is 18.9 Å². The van der Waals surface area contributed by atoms with Crippen molar-refractivity contribution in [2.75, 3.05) is 14.2 Å². The van der Waals surface area contributed by atoms with E-state index in [2.05, 4.69) is 17.4 Å². The Balaban J connectivity index is 2.11. The van der Waals surface area contributed by atoms with E-state index >= 15 is 0 Å². The number of hydrogen-bond acceptors (Lipinski definition) is 2. The zero-order chi connectivity index (χ0) is 15.2. The van der Waals surface area contributed by atoms with Crippen molar-refractivity contribution in [1.82, 2.24) is 5.32 Å². The highest BCUT2D eigenvalue weighted by Gasteiger charge is 2.12. The molecule has 1 atom stereocenters. The summed E-state index contributed by atoms with van der Waals surface area (Å²) in [4.78, 5) is 0. The van der Waals surface area contributed by atoms with Crippen molar-refractivity contribution in [3.8, 4) is 5.75 Å². The van der Waals surface area contributed by atoms with Gasteiger partial charge in [-0.3, -0.25) is 0 Å². The highest BCUT2D eigenvalue weighted by molar-refractivity contribution is 6.30. The first-order chi connectivity index (χ1) is 10.1. The molecule has 0 aliphatic carbocycles. The van der Waals surface area contributed by atoms with E-state index in [0.717, 1.165) is 34.2 Å². The molecule has 1 N–H and O–H groups in total. The van der Waals surface area contributed by atoms with E-state index in [0.29, 0.717) is 6.04 Å². The van der Waals surface area contributed by atoms with Crippen molar-refractivity contribution in [3.63, 3.8) is 0 Å². The number of hydrogen-bond donors (Lipinski definition) is 1. The Morgan fingerprint density at radius 1 is 1.00 bits per heavy atom. The maximum absolute atomic E-state index is 6.09. The molecule has 21 heavy (non-hydrogen) atoms. The zero-order valence-corrected chi connectivity index (χ0v) is 13.7. The van der Waals surface area contributed by atoms with Gasteiger partial charge in [0.05, 0.1) is 7.11 Å². The summed E-state index contributed by atoms with van der Waals surface area (Å²) in [7, 11) is 3.65. The second-order valence-corrected chi connectivity index (χ2v) is 5.85. The fraction of sp³-hybridized carbons (Fsp3) is 0.294. The SMILES string of the molecule is CNC(Cc1ccc(Cl)cc1)Cc1cc(Cl)ccc1OC. The molecule has 1 unspecified atom stereocenters. The smallest absolute Gasteiger partial charge is 0.122 e. The monoisotopic (exact) mass is 323 g/mol. The summed E-state index contributed by atoms with van der Waals surface area (Å²) in [5.74, 6) is 0.871. The molecular formula is C17H19Cl2NO. The second kappa shape index (κ2) is 7.69. The Hall–Kier alpha value is -1.22. The predicted octanol–water partition coefficient (Wildman–Crippen LogP) is 4.38. The van der Waals surface area contributed by atoms with Gasteiger partial charge < -0.3 is 10.1 Å². The van der Waals surface area contributed by atoms with Crippen LogP contribution in [0.3, 0.4) is 0 Å². The Bertz CT molecular complexity index is 584. The van der Waals surface area contributed by atoms with Crippen LogP contribution >= 0.6 is 23.2 Å². The largest absolute Gasteiger partial charge is 0.496 e. The molecule has 0 aromatic heterocycles. The van der Waals surface area contributed by atoms with E-state index in [4.69, 9.17) is 27.9 Å². The van der Waals surface area contributed by atoms with Gasteiger partial charge in [-0.15, -0.1) is 0 Å². The van der Waals surface area contributed by atoms with E-state index in [1.54, 1.807) is 7.11 Å². The number of rotatable bonds is 6. The van der Waals surface area contributed by atoms with Gasteiger partial charge in [-0.05, 0) is 61.3 Å². The second-order valence-electron chi connectivity index (χ2n) is 4.98. The molecule has 2 rings (SSSR count). The molecule has 2 aromatic rings. The molecular weight excluding hydrogens is 305 g/mol. The van der Waals surface area contributed by atoms with Crippen LogP contribution in [0.2, 0.25) is 10.0 Å². The van der Waals surface area contributed by atoms with Crippen LogP contribution in [-0.4, -0.2) is 20.2 Å². The number of methoxy groups -OCH3 is 1. The van der Waals surface area contributed by atoms with Crippen LogP contribution in [0.4, 0.5) is 0 Å². The van der Waals surface area contributed by atoms with E-state index in [9.17, 15) is 0 Å². The molecule has 2 aromatic carbocycles. The quantitative estimate of drug-likeness (QED) is 0.852. The van der Waals surface area contributed by atoms with Gasteiger partial charge in [0, 0.05) is 16.1 Å². The highest BCUT2D eigenvalue weighted by atomic mass is 35.5. The lowest BCUT2D eigenvalue weighted by molar-refractivity contribution is 0.406. The van der Waals surface area contributed by atoms with Crippen LogP contribution in [0.15, 0.2) is 42.5 Å². The zero-order valence-electron chi connectivity index (χ0n) is 12.2. The van der Waals surface area contributed by atoms with Gasteiger partial charge in [-0.1, -0.05) is 35.3 Å². The number of halogens is 2. The summed E-state index contributed by atoms with van der Waals surface area (Å²) in [6.07, 6.45) is 1.77. The van der Waals surface area contributed by atoms with Crippen LogP contribution < -0.4 is 10.1 Å². The van der Waals surface area contributed by atoms with Crippen molar-refractivity contribution in [2.24, 2.45) is 0 Å². The standard InChI is InChI=1S/C17H19Cl2NO/c1-20-16(9-12-3-5-14(18)6-4-12)11-13-10-15(19)7-8-17(13)21-2/h3-8,10,16,20H,9,11H2,1-2H3. The average Bonchev–Trinajstić information content (AvgIpc) is 2.49. The van der Waals surface area contributed by atoms with Gasteiger partial charge >= 0.3 is 0 Å². The first-order valence-corrected chi connectivity index (χ1v) is 7.62. The normalized spacial score (nSPS) is 12.2. The topological polar surface area (TPSA) is 21.3 Å². The van der Waals surface area contributed by atoms with Crippen LogP contribution in [0.25, 0.3) is 0 Å². The summed E-state index contributed by atoms with van der Waals surface area (Å²) < 4.78 is 5.41. The Morgan fingerprint density at radius 2 is 1.67 bits per heavy atom. The lowest BCUT2D eigenvalue weighted by atomic mass is 9.98. The van der Waals surface area contributed by atoms with Crippen LogP contribution in [0, 0.1) is 0 Å². The molecule has 4 heteroatoms. The molecule has 0 spiro atoms. The first-order valence-electron chi connectivity index (χ1n) is 6.86. The Kier molecular flexibility index (Phi) is 5.92. The molecule has 0 amide bonds. The third kappa shape index (κ3) is 4.63. The fourth-order valence-electron chi connectivity index (χ4n) is 2.35. The average molecular weight is 324 g/mol. The van der Waals surface area contributed by atoms with Gasteiger partial charge in [0.25, 0.3) is 0 Å². The van der Waals surface area contributed by atoms with Crippen LogP contribution in [0.5, 0.6) is 5.75 Å². The van der Waals surface area contributed by atoms with Gasteiger partial charge in [0.1, 0.15) is 5.75 Å². The van der Waals surface area contributed by atoms with Crippen LogP contribution in [-0.2, 0) is 12.8 Å². The minimum absolute atomic E-state index is 0.304. The van der Waals surface area contributed by atoms with Crippen molar-refractivity contribution in [3.05, 3.63) is 63.6 Å². The predicted molar refractivity (Wildman–Crippen MR) is 89.7 cm³/mol. The Morgan fingerprint density at radius 3 is 2.29 bits per heavy atom. The minimum Gasteiger partial charge on any atom is -0.496 e. The van der Waals surface area contributed by atoms with Gasteiger partial charge in [0.15, 0.2) is 0 Å². The summed E-state index contributed by atoms with van der Waals surface area (Å²) in [5.41, 5.74) is 2.36. The number of ether oxygens (including phenoxy) is 1. The molecule has 112 valence electrons. The summed E-state index contributed by atoms with van der Waals surface area (Å²) >= 11 is 12.0. The van der Waals surface area contributed by atoms with E-state index in [1.165, 1.54) is 5.56 Å². The van der Waals surface area contributed by atoms with E-state index in [1.807, 2.05) is 37.4 Å². The summed E-state index contributed by atoms with van der Waals surface area (Å²) in [6, 6.07) is 14.0. The third-order valence-corrected chi connectivity index (χ3v) is 4.00. The Labute approximate surface area is 136 Å². The van der Waals surface area contributed by atoms with Gasteiger partial charge in [-0.25, -0.2) is 0 Å². The molecule has 0 aliphatic rings. The molecule has 0 heterocycles. The summed E-state index contributed by atoms with van der Waals surface area (Å²) in [6.45, 7) is 0.